The Morgan fingerprint density at radius 1 is 1.09 bits per heavy atom. The number of aryl methyl sites for hydroxylation is 2. The van der Waals surface area contributed by atoms with Gasteiger partial charge in [-0.2, -0.15) is 0 Å². The van der Waals surface area contributed by atoms with E-state index in [1.54, 1.807) is 12.1 Å². The number of amides is 1. The molecule has 0 saturated carbocycles. The standard InChI is InChI=1S/C16H15Cl2N3OS/c1-8-5-11(20-16(19)23)6-9(2)14(8)21-15(22)12-4-3-10(17)7-13(12)18/h3-7H,1-2H3,(H,21,22)(H3,19,20,23). The third-order valence-electron chi connectivity index (χ3n) is 3.21. The normalized spacial score (nSPS) is 10.3. The van der Waals surface area contributed by atoms with Crippen molar-refractivity contribution < 1.29 is 4.79 Å². The molecule has 0 aliphatic carbocycles. The van der Waals surface area contributed by atoms with E-state index >= 15 is 0 Å². The zero-order chi connectivity index (χ0) is 17.1. The molecule has 2 aromatic carbocycles. The highest BCUT2D eigenvalue weighted by Crippen LogP contribution is 2.27. The van der Waals surface area contributed by atoms with E-state index in [1.807, 2.05) is 26.0 Å². The van der Waals surface area contributed by atoms with Crippen LogP contribution in [0.15, 0.2) is 30.3 Å². The van der Waals surface area contributed by atoms with Crippen LogP contribution >= 0.6 is 35.4 Å². The van der Waals surface area contributed by atoms with Gasteiger partial charge in [-0.25, -0.2) is 0 Å². The van der Waals surface area contributed by atoms with E-state index < -0.39 is 0 Å². The zero-order valence-corrected chi connectivity index (χ0v) is 14.9. The minimum absolute atomic E-state index is 0.188. The fraction of sp³-hybridized carbons (Fsp3) is 0.125. The van der Waals surface area contributed by atoms with Crippen molar-refractivity contribution in [2.75, 3.05) is 10.6 Å². The van der Waals surface area contributed by atoms with E-state index in [0.29, 0.717) is 15.6 Å². The van der Waals surface area contributed by atoms with E-state index in [2.05, 4.69) is 10.6 Å². The van der Waals surface area contributed by atoms with E-state index in [9.17, 15) is 4.79 Å². The first-order valence-electron chi connectivity index (χ1n) is 6.72. The number of hydrogen-bond acceptors (Lipinski definition) is 2. The van der Waals surface area contributed by atoms with Crippen molar-refractivity contribution in [1.29, 1.82) is 0 Å². The number of carbonyl (C=O) groups excluding carboxylic acids is 1. The molecule has 0 saturated heterocycles. The Bertz CT molecular complexity index is 770. The van der Waals surface area contributed by atoms with Gasteiger partial charge in [-0.15, -0.1) is 0 Å². The number of rotatable bonds is 3. The lowest BCUT2D eigenvalue weighted by atomic mass is 10.1. The van der Waals surface area contributed by atoms with Crippen molar-refractivity contribution in [3.05, 3.63) is 57.1 Å². The maximum Gasteiger partial charge on any atom is 0.257 e. The number of thiocarbonyl (C=S) groups is 1. The Labute approximate surface area is 150 Å². The average Bonchev–Trinajstić information content (AvgIpc) is 2.41. The first kappa shape index (κ1) is 17.5. The summed E-state index contributed by atoms with van der Waals surface area (Å²) in [5.74, 6) is -0.298. The summed E-state index contributed by atoms with van der Waals surface area (Å²) in [5, 5.41) is 6.72. The minimum Gasteiger partial charge on any atom is -0.376 e. The van der Waals surface area contributed by atoms with Crippen LogP contribution in [0.3, 0.4) is 0 Å². The van der Waals surface area contributed by atoms with Crippen LogP contribution in [0.4, 0.5) is 11.4 Å². The summed E-state index contributed by atoms with van der Waals surface area (Å²) < 4.78 is 0. The summed E-state index contributed by atoms with van der Waals surface area (Å²) in [6.07, 6.45) is 0. The van der Waals surface area contributed by atoms with E-state index in [1.165, 1.54) is 6.07 Å². The smallest absolute Gasteiger partial charge is 0.257 e. The molecular formula is C16H15Cl2N3OS. The molecule has 7 heteroatoms. The van der Waals surface area contributed by atoms with Gasteiger partial charge < -0.3 is 16.4 Å². The topological polar surface area (TPSA) is 67.2 Å². The van der Waals surface area contributed by atoms with Gasteiger partial charge in [0.25, 0.3) is 5.91 Å². The Hall–Kier alpha value is -1.82. The molecule has 2 rings (SSSR count). The van der Waals surface area contributed by atoms with E-state index in [4.69, 9.17) is 41.2 Å². The molecule has 120 valence electrons. The lowest BCUT2D eigenvalue weighted by Crippen LogP contribution is -2.19. The number of nitrogens with one attached hydrogen (secondary N) is 2. The summed E-state index contributed by atoms with van der Waals surface area (Å²) in [7, 11) is 0. The Morgan fingerprint density at radius 2 is 1.70 bits per heavy atom. The molecular weight excluding hydrogens is 353 g/mol. The molecule has 4 nitrogen and oxygen atoms in total. The van der Waals surface area contributed by atoms with E-state index in [0.717, 1.165) is 22.5 Å². The van der Waals surface area contributed by atoms with Crippen molar-refractivity contribution in [3.63, 3.8) is 0 Å². The van der Waals surface area contributed by atoms with Crippen LogP contribution in [0, 0.1) is 13.8 Å². The summed E-state index contributed by atoms with van der Waals surface area (Å²) >= 11 is 16.7. The van der Waals surface area contributed by atoms with E-state index in [-0.39, 0.29) is 11.0 Å². The molecule has 2 aromatic rings. The van der Waals surface area contributed by atoms with Crippen molar-refractivity contribution in [1.82, 2.24) is 0 Å². The molecule has 0 radical (unpaired) electrons. The fourth-order valence-corrected chi connectivity index (χ4v) is 2.84. The second-order valence-electron chi connectivity index (χ2n) is 5.05. The fourth-order valence-electron chi connectivity index (χ4n) is 2.23. The number of halogens is 2. The highest BCUT2D eigenvalue weighted by Gasteiger charge is 2.14. The van der Waals surface area contributed by atoms with Gasteiger partial charge in [-0.05, 0) is 67.5 Å². The molecule has 0 fully saturated rings. The van der Waals surface area contributed by atoms with Crippen LogP contribution in [0.2, 0.25) is 10.0 Å². The largest absolute Gasteiger partial charge is 0.376 e. The van der Waals surface area contributed by atoms with Gasteiger partial charge in [0.15, 0.2) is 5.11 Å². The first-order valence-corrected chi connectivity index (χ1v) is 7.88. The van der Waals surface area contributed by atoms with Gasteiger partial charge >= 0.3 is 0 Å². The number of carbonyl (C=O) groups is 1. The first-order chi connectivity index (χ1) is 10.8. The summed E-state index contributed by atoms with van der Waals surface area (Å²) in [6, 6.07) is 8.45. The van der Waals surface area contributed by atoms with Crippen LogP contribution in [0.25, 0.3) is 0 Å². The summed E-state index contributed by atoms with van der Waals surface area (Å²) in [6.45, 7) is 3.77. The molecule has 23 heavy (non-hydrogen) atoms. The van der Waals surface area contributed by atoms with Crippen molar-refractivity contribution in [3.8, 4) is 0 Å². The lowest BCUT2D eigenvalue weighted by Gasteiger charge is -2.15. The molecule has 0 unspecified atom stereocenters. The third-order valence-corrected chi connectivity index (χ3v) is 3.86. The predicted octanol–water partition coefficient (Wildman–Crippen LogP) is 4.52. The number of hydrogen-bond donors (Lipinski definition) is 3. The van der Waals surface area contributed by atoms with Crippen LogP contribution in [-0.2, 0) is 0 Å². The highest BCUT2D eigenvalue weighted by molar-refractivity contribution is 7.80. The van der Waals surface area contributed by atoms with Crippen LogP contribution in [-0.4, -0.2) is 11.0 Å². The van der Waals surface area contributed by atoms with Crippen LogP contribution < -0.4 is 16.4 Å². The quantitative estimate of drug-likeness (QED) is 0.697. The van der Waals surface area contributed by atoms with Crippen LogP contribution in [0.5, 0.6) is 0 Å². The van der Waals surface area contributed by atoms with Crippen molar-refractivity contribution in [2.45, 2.75) is 13.8 Å². The molecule has 0 spiro atoms. The minimum atomic E-state index is -0.298. The molecule has 1 amide bonds. The van der Waals surface area contributed by atoms with Crippen LogP contribution in [0.1, 0.15) is 21.5 Å². The molecule has 0 heterocycles. The maximum absolute atomic E-state index is 12.4. The van der Waals surface area contributed by atoms with Gasteiger partial charge in [0.05, 0.1) is 10.6 Å². The number of benzene rings is 2. The maximum atomic E-state index is 12.4. The molecule has 0 aliphatic heterocycles. The molecule has 4 N–H and O–H groups in total. The zero-order valence-electron chi connectivity index (χ0n) is 12.5. The second-order valence-corrected chi connectivity index (χ2v) is 6.34. The Balaban J connectivity index is 2.29. The highest BCUT2D eigenvalue weighted by atomic mass is 35.5. The van der Waals surface area contributed by atoms with Crippen molar-refractivity contribution in [2.24, 2.45) is 5.73 Å². The van der Waals surface area contributed by atoms with Gasteiger partial charge in [-0.1, -0.05) is 23.2 Å². The average molecular weight is 368 g/mol. The van der Waals surface area contributed by atoms with Crippen molar-refractivity contribution >= 4 is 57.8 Å². The summed E-state index contributed by atoms with van der Waals surface area (Å²) in [4.78, 5) is 12.4. The molecule has 0 bridgehead atoms. The van der Waals surface area contributed by atoms with Gasteiger partial charge in [0.1, 0.15) is 0 Å². The molecule has 0 aromatic heterocycles. The monoisotopic (exact) mass is 367 g/mol. The summed E-state index contributed by atoms with van der Waals surface area (Å²) in [5.41, 5.74) is 9.08. The Morgan fingerprint density at radius 3 is 2.22 bits per heavy atom. The van der Waals surface area contributed by atoms with Gasteiger partial charge in [0, 0.05) is 16.4 Å². The van der Waals surface area contributed by atoms with Gasteiger partial charge in [0.2, 0.25) is 0 Å². The SMILES string of the molecule is Cc1cc(NC(N)=S)cc(C)c1NC(=O)c1ccc(Cl)cc1Cl. The lowest BCUT2D eigenvalue weighted by molar-refractivity contribution is 0.102. The molecule has 0 aliphatic rings. The second kappa shape index (κ2) is 7.17. The third kappa shape index (κ3) is 4.34. The number of anilines is 2. The predicted molar refractivity (Wildman–Crippen MR) is 101 cm³/mol. The van der Waals surface area contributed by atoms with Gasteiger partial charge in [-0.3, -0.25) is 4.79 Å². The number of nitrogens with two attached hydrogens (primary N) is 1. The Kier molecular flexibility index (Phi) is 5.46. The molecule has 0 atom stereocenters.